The Hall–Kier alpha value is -3.13. The highest BCUT2D eigenvalue weighted by Gasteiger charge is 2.33. The van der Waals surface area contributed by atoms with E-state index in [0.717, 1.165) is 16.7 Å². The highest BCUT2D eigenvalue weighted by molar-refractivity contribution is 5.88. The zero-order chi connectivity index (χ0) is 22.4. The molecule has 1 atom stereocenters. The summed E-state index contributed by atoms with van der Waals surface area (Å²) < 4.78 is 10.8. The number of benzene rings is 1. The van der Waals surface area contributed by atoms with Gasteiger partial charge in [-0.15, -0.1) is 0 Å². The van der Waals surface area contributed by atoms with Crippen LogP contribution in [0.15, 0.2) is 36.7 Å². The summed E-state index contributed by atoms with van der Waals surface area (Å²) in [5.41, 5.74) is 3.01. The van der Waals surface area contributed by atoms with Crippen molar-refractivity contribution in [2.24, 2.45) is 0 Å². The van der Waals surface area contributed by atoms with Crippen molar-refractivity contribution in [2.75, 3.05) is 34.4 Å². The van der Waals surface area contributed by atoms with Gasteiger partial charge in [-0.25, -0.2) is 0 Å². The number of pyridine rings is 1. The van der Waals surface area contributed by atoms with Gasteiger partial charge in [0.15, 0.2) is 0 Å². The number of ether oxygens (including phenoxy) is 2. The van der Waals surface area contributed by atoms with E-state index in [1.54, 1.807) is 38.6 Å². The van der Waals surface area contributed by atoms with Crippen LogP contribution in [0.1, 0.15) is 23.1 Å². The van der Waals surface area contributed by atoms with Crippen LogP contribution >= 0.6 is 0 Å². The molecule has 1 aliphatic rings. The minimum atomic E-state index is -0.533. The number of hydrogen-bond acceptors (Lipinski definition) is 6. The molecule has 1 saturated heterocycles. The number of rotatable bonds is 8. The van der Waals surface area contributed by atoms with Crippen molar-refractivity contribution in [2.45, 2.75) is 32.5 Å². The average molecular weight is 427 g/mol. The van der Waals surface area contributed by atoms with Gasteiger partial charge in [-0.2, -0.15) is 0 Å². The Kier molecular flexibility index (Phi) is 7.46. The number of hydrogen-bond donors (Lipinski definition) is 1. The lowest BCUT2D eigenvalue weighted by Gasteiger charge is -2.35. The zero-order valence-electron chi connectivity index (χ0n) is 18.6. The fraction of sp³-hybridized carbons (Fsp3) is 0.435. The van der Waals surface area contributed by atoms with Gasteiger partial charge >= 0.3 is 0 Å². The van der Waals surface area contributed by atoms with E-state index in [9.17, 15) is 9.59 Å². The third-order valence-corrected chi connectivity index (χ3v) is 5.65. The van der Waals surface area contributed by atoms with Gasteiger partial charge in [-0.3, -0.25) is 19.5 Å². The predicted octanol–water partition coefficient (Wildman–Crippen LogP) is 1.76. The predicted molar refractivity (Wildman–Crippen MR) is 117 cm³/mol. The van der Waals surface area contributed by atoms with Crippen LogP contribution in [0, 0.1) is 6.92 Å². The van der Waals surface area contributed by atoms with Gasteiger partial charge in [0.1, 0.15) is 11.5 Å². The summed E-state index contributed by atoms with van der Waals surface area (Å²) >= 11 is 0. The lowest BCUT2D eigenvalue weighted by Crippen LogP contribution is -2.56. The Morgan fingerprint density at radius 2 is 2.06 bits per heavy atom. The van der Waals surface area contributed by atoms with Crippen LogP contribution in [0.2, 0.25) is 0 Å². The van der Waals surface area contributed by atoms with E-state index in [2.05, 4.69) is 10.3 Å². The quantitative estimate of drug-likeness (QED) is 0.693. The first-order valence-corrected chi connectivity index (χ1v) is 10.3. The molecule has 0 aliphatic carbocycles. The standard InChI is InChI=1S/C23H30N4O4/c1-16-13-24-8-7-17(16)14-26(2)22(28)12-20-23(29)25-9-10-27(20)15-18-5-6-19(30-3)11-21(18)31-4/h5-8,11,13,20H,9-10,12,14-15H2,1-4H3,(H,25,29)/t20-/m0/s1. The zero-order valence-corrected chi connectivity index (χ0v) is 18.6. The molecule has 3 rings (SSSR count). The second-order valence-corrected chi connectivity index (χ2v) is 7.71. The van der Waals surface area contributed by atoms with Gasteiger partial charge in [-0.05, 0) is 30.2 Å². The number of nitrogens with one attached hydrogen (secondary N) is 1. The van der Waals surface area contributed by atoms with Crippen LogP contribution in [0.3, 0.4) is 0 Å². The molecule has 2 aromatic rings. The van der Waals surface area contributed by atoms with Gasteiger partial charge in [0.2, 0.25) is 11.8 Å². The van der Waals surface area contributed by atoms with Crippen molar-refractivity contribution < 1.29 is 19.1 Å². The smallest absolute Gasteiger partial charge is 0.237 e. The van der Waals surface area contributed by atoms with Gasteiger partial charge in [0.05, 0.1) is 26.7 Å². The molecule has 0 spiro atoms. The molecular weight excluding hydrogens is 396 g/mol. The van der Waals surface area contributed by atoms with Gasteiger partial charge in [-0.1, -0.05) is 6.07 Å². The third kappa shape index (κ3) is 5.52. The summed E-state index contributed by atoms with van der Waals surface area (Å²) in [6.45, 7) is 4.17. The molecule has 1 aromatic heterocycles. The Bertz CT molecular complexity index is 934. The maximum atomic E-state index is 12.9. The van der Waals surface area contributed by atoms with E-state index in [-0.39, 0.29) is 18.2 Å². The van der Waals surface area contributed by atoms with Gasteiger partial charge < -0.3 is 19.7 Å². The molecule has 0 bridgehead atoms. The summed E-state index contributed by atoms with van der Waals surface area (Å²) in [6.07, 6.45) is 3.62. The Labute approximate surface area is 183 Å². The molecule has 1 fully saturated rings. The molecule has 166 valence electrons. The second kappa shape index (κ2) is 10.3. The Morgan fingerprint density at radius 1 is 1.26 bits per heavy atom. The number of methoxy groups -OCH3 is 2. The van der Waals surface area contributed by atoms with E-state index in [1.807, 2.05) is 36.1 Å². The molecule has 1 aliphatic heterocycles. The summed E-state index contributed by atoms with van der Waals surface area (Å²) in [4.78, 5) is 33.4. The first kappa shape index (κ1) is 22.6. The lowest BCUT2D eigenvalue weighted by molar-refractivity contribution is -0.138. The minimum absolute atomic E-state index is 0.0787. The van der Waals surface area contributed by atoms with E-state index in [1.165, 1.54) is 0 Å². The first-order valence-electron chi connectivity index (χ1n) is 10.3. The van der Waals surface area contributed by atoms with Crippen LogP contribution in [-0.4, -0.2) is 67.0 Å². The van der Waals surface area contributed by atoms with Crippen molar-refractivity contribution in [3.05, 3.63) is 53.3 Å². The van der Waals surface area contributed by atoms with Crippen LogP contribution < -0.4 is 14.8 Å². The SMILES string of the molecule is COc1ccc(CN2CCNC(=O)[C@@H]2CC(=O)N(C)Cc2ccncc2C)c(OC)c1. The molecule has 1 N–H and O–H groups in total. The molecule has 0 radical (unpaired) electrons. The van der Waals surface area contributed by atoms with Crippen molar-refractivity contribution in [3.63, 3.8) is 0 Å². The molecule has 0 unspecified atom stereocenters. The molecule has 2 heterocycles. The molecule has 8 nitrogen and oxygen atoms in total. The van der Waals surface area contributed by atoms with E-state index in [4.69, 9.17) is 9.47 Å². The number of aryl methyl sites for hydroxylation is 1. The Morgan fingerprint density at radius 3 is 2.77 bits per heavy atom. The van der Waals surface area contributed by atoms with E-state index >= 15 is 0 Å². The highest BCUT2D eigenvalue weighted by Crippen LogP contribution is 2.27. The number of amides is 2. The third-order valence-electron chi connectivity index (χ3n) is 5.65. The summed E-state index contributed by atoms with van der Waals surface area (Å²) in [6, 6.07) is 7.00. The molecule has 1 aromatic carbocycles. The van der Waals surface area contributed by atoms with Gasteiger partial charge in [0.25, 0.3) is 0 Å². The van der Waals surface area contributed by atoms with E-state index < -0.39 is 6.04 Å². The average Bonchev–Trinajstić information content (AvgIpc) is 2.77. The van der Waals surface area contributed by atoms with Crippen LogP contribution in [0.5, 0.6) is 11.5 Å². The second-order valence-electron chi connectivity index (χ2n) is 7.71. The molecule has 8 heteroatoms. The molecule has 31 heavy (non-hydrogen) atoms. The summed E-state index contributed by atoms with van der Waals surface area (Å²) in [5, 5.41) is 2.89. The number of nitrogens with zero attached hydrogens (tertiary/aromatic N) is 3. The molecule has 0 saturated carbocycles. The van der Waals surface area contributed by atoms with Crippen molar-refractivity contribution in [1.82, 2.24) is 20.1 Å². The largest absolute Gasteiger partial charge is 0.497 e. The fourth-order valence-electron chi connectivity index (χ4n) is 3.72. The van der Waals surface area contributed by atoms with Crippen LogP contribution in [0.25, 0.3) is 0 Å². The monoisotopic (exact) mass is 426 g/mol. The fourth-order valence-corrected chi connectivity index (χ4v) is 3.72. The Balaban J connectivity index is 1.71. The summed E-state index contributed by atoms with van der Waals surface area (Å²) in [7, 11) is 4.98. The normalized spacial score (nSPS) is 16.5. The first-order chi connectivity index (χ1) is 14.9. The lowest BCUT2D eigenvalue weighted by atomic mass is 10.0. The van der Waals surface area contributed by atoms with E-state index in [0.29, 0.717) is 37.7 Å². The minimum Gasteiger partial charge on any atom is -0.497 e. The maximum absolute atomic E-state index is 12.9. The highest BCUT2D eigenvalue weighted by atomic mass is 16.5. The molecule has 2 amide bonds. The molecular formula is C23H30N4O4. The number of aromatic nitrogens is 1. The number of carbonyl (C=O) groups excluding carboxylic acids is 2. The number of piperazine rings is 1. The van der Waals surface area contributed by atoms with Crippen molar-refractivity contribution in [3.8, 4) is 11.5 Å². The van der Waals surface area contributed by atoms with Crippen molar-refractivity contribution >= 4 is 11.8 Å². The van der Waals surface area contributed by atoms with Crippen LogP contribution in [-0.2, 0) is 22.7 Å². The van der Waals surface area contributed by atoms with Crippen molar-refractivity contribution in [1.29, 1.82) is 0 Å². The van der Waals surface area contributed by atoms with Gasteiger partial charge in [0, 0.05) is 57.3 Å². The van der Waals surface area contributed by atoms with Crippen LogP contribution in [0.4, 0.5) is 0 Å². The maximum Gasteiger partial charge on any atom is 0.237 e. The number of carbonyl (C=O) groups is 2. The topological polar surface area (TPSA) is 84.0 Å². The summed E-state index contributed by atoms with van der Waals surface area (Å²) in [5.74, 6) is 1.20.